The fourth-order valence-corrected chi connectivity index (χ4v) is 4.20. The summed E-state index contributed by atoms with van der Waals surface area (Å²) >= 11 is 0. The van der Waals surface area contributed by atoms with Gasteiger partial charge >= 0.3 is 5.97 Å². The second-order valence-corrected chi connectivity index (χ2v) is 9.28. The molecular weight excluding hydrogens is 398 g/mol. The Hall–Kier alpha value is -2.90. The number of nitrogens with zero attached hydrogens (tertiary/aromatic N) is 3. The maximum Gasteiger partial charge on any atom is 0.330 e. The van der Waals surface area contributed by atoms with E-state index in [2.05, 4.69) is 48.7 Å². The van der Waals surface area contributed by atoms with Crippen LogP contribution in [0.4, 0.5) is 5.69 Å². The molecule has 1 aromatic rings. The third-order valence-electron chi connectivity index (χ3n) is 5.75. The van der Waals surface area contributed by atoms with E-state index in [0.717, 1.165) is 20.0 Å². The zero-order chi connectivity index (χ0) is 22.8. The third-order valence-corrected chi connectivity index (χ3v) is 5.75. The zero-order valence-corrected chi connectivity index (χ0v) is 18.7. The first kappa shape index (κ1) is 22.8. The molecule has 0 bridgehead atoms. The number of imide groups is 1. The fraction of sp³-hybridized carbons (Fsp3) is 0.565. The number of hydroxylamine groups is 2. The van der Waals surface area contributed by atoms with Gasteiger partial charge in [0, 0.05) is 58.1 Å². The molecule has 2 fully saturated rings. The second-order valence-electron chi connectivity index (χ2n) is 9.28. The summed E-state index contributed by atoms with van der Waals surface area (Å²) in [5.41, 5.74) is 2.52. The molecule has 2 saturated heterocycles. The van der Waals surface area contributed by atoms with Crippen molar-refractivity contribution < 1.29 is 24.0 Å². The number of hydrogen-bond acceptors (Lipinski definition) is 6. The molecule has 0 saturated carbocycles. The van der Waals surface area contributed by atoms with Crippen LogP contribution in [0.2, 0.25) is 0 Å². The van der Waals surface area contributed by atoms with Crippen molar-refractivity contribution in [2.24, 2.45) is 5.92 Å². The van der Waals surface area contributed by atoms with E-state index < -0.39 is 17.8 Å². The van der Waals surface area contributed by atoms with Gasteiger partial charge in [0.1, 0.15) is 0 Å². The van der Waals surface area contributed by atoms with Crippen LogP contribution in [0.25, 0.3) is 0 Å². The summed E-state index contributed by atoms with van der Waals surface area (Å²) in [6, 6.07) is 8.38. The van der Waals surface area contributed by atoms with Crippen molar-refractivity contribution in [2.75, 3.05) is 31.1 Å². The van der Waals surface area contributed by atoms with Crippen molar-refractivity contribution in [3.63, 3.8) is 0 Å². The lowest BCUT2D eigenvalue weighted by Gasteiger charge is -2.39. The predicted octanol–water partition coefficient (Wildman–Crippen LogP) is 2.27. The first-order chi connectivity index (χ1) is 14.6. The van der Waals surface area contributed by atoms with Gasteiger partial charge in [-0.05, 0) is 23.0 Å². The quantitative estimate of drug-likeness (QED) is 0.683. The van der Waals surface area contributed by atoms with E-state index in [0.29, 0.717) is 18.2 Å². The summed E-state index contributed by atoms with van der Waals surface area (Å²) < 4.78 is 0. The molecule has 2 aliphatic heterocycles. The number of benzene rings is 1. The summed E-state index contributed by atoms with van der Waals surface area (Å²) in [5, 5.41) is 0.523. The molecule has 0 aromatic heterocycles. The highest BCUT2D eigenvalue weighted by molar-refractivity contribution is 5.98. The van der Waals surface area contributed by atoms with Crippen molar-refractivity contribution in [3.05, 3.63) is 29.8 Å². The van der Waals surface area contributed by atoms with Crippen LogP contribution in [0.5, 0.6) is 0 Å². The Balaban J connectivity index is 1.55. The van der Waals surface area contributed by atoms with E-state index in [-0.39, 0.29) is 36.5 Å². The SMILES string of the molecule is CC(=O)ON1C(=O)CC(CC(=O)N2CCN(c3ccccc3C(C)(C)C)CC2)CC1=O. The predicted molar refractivity (Wildman–Crippen MR) is 115 cm³/mol. The Labute approximate surface area is 183 Å². The monoisotopic (exact) mass is 429 g/mol. The molecule has 31 heavy (non-hydrogen) atoms. The smallest absolute Gasteiger partial charge is 0.330 e. The van der Waals surface area contributed by atoms with Gasteiger partial charge in [0.2, 0.25) is 5.91 Å². The number of piperazine rings is 1. The number of rotatable bonds is 4. The summed E-state index contributed by atoms with van der Waals surface area (Å²) in [6.45, 7) is 10.4. The molecule has 168 valence electrons. The number of carbonyl (C=O) groups is 4. The van der Waals surface area contributed by atoms with Gasteiger partial charge in [-0.25, -0.2) is 4.79 Å². The normalized spacial score (nSPS) is 18.4. The van der Waals surface area contributed by atoms with Gasteiger partial charge in [0.05, 0.1) is 0 Å². The topological polar surface area (TPSA) is 87.2 Å². The standard InChI is InChI=1S/C23H31N3O5/c1-16(27)31-26-21(29)14-17(15-22(26)30)13-20(28)25-11-9-24(10-12-25)19-8-6-5-7-18(19)23(2,3)4/h5-8,17H,9-15H2,1-4H3. The van der Waals surface area contributed by atoms with Gasteiger partial charge in [-0.2, -0.15) is 0 Å². The van der Waals surface area contributed by atoms with E-state index in [1.54, 1.807) is 0 Å². The highest BCUT2D eigenvalue weighted by Crippen LogP contribution is 2.32. The van der Waals surface area contributed by atoms with E-state index in [1.165, 1.54) is 11.3 Å². The molecule has 0 spiro atoms. The molecular formula is C23H31N3O5. The molecule has 3 rings (SSSR count). The van der Waals surface area contributed by atoms with Crippen LogP contribution in [0.1, 0.15) is 52.5 Å². The number of amides is 3. The minimum atomic E-state index is -0.720. The molecule has 2 heterocycles. The van der Waals surface area contributed by atoms with Gasteiger partial charge in [0.25, 0.3) is 11.8 Å². The minimum absolute atomic E-state index is 0.0175. The molecule has 0 radical (unpaired) electrons. The Morgan fingerprint density at radius 2 is 1.58 bits per heavy atom. The molecule has 8 nitrogen and oxygen atoms in total. The summed E-state index contributed by atoms with van der Waals surface area (Å²) in [7, 11) is 0. The first-order valence-corrected chi connectivity index (χ1v) is 10.7. The van der Waals surface area contributed by atoms with E-state index in [1.807, 2.05) is 11.0 Å². The van der Waals surface area contributed by atoms with Gasteiger partial charge < -0.3 is 14.6 Å². The molecule has 1 aromatic carbocycles. The van der Waals surface area contributed by atoms with Crippen LogP contribution in [0, 0.1) is 5.92 Å². The van der Waals surface area contributed by atoms with Crippen molar-refractivity contribution in [2.45, 2.75) is 52.4 Å². The highest BCUT2D eigenvalue weighted by Gasteiger charge is 2.37. The van der Waals surface area contributed by atoms with Crippen LogP contribution in [0.15, 0.2) is 24.3 Å². The van der Waals surface area contributed by atoms with E-state index in [4.69, 9.17) is 0 Å². The fourth-order valence-electron chi connectivity index (χ4n) is 4.20. The Bertz CT molecular complexity index is 850. The number of hydrogen-bond donors (Lipinski definition) is 0. The number of anilines is 1. The average Bonchev–Trinajstić information content (AvgIpc) is 2.70. The van der Waals surface area contributed by atoms with Crippen LogP contribution in [-0.2, 0) is 29.4 Å². The molecule has 8 heteroatoms. The molecule has 0 N–H and O–H groups in total. The van der Waals surface area contributed by atoms with Gasteiger partial charge in [-0.3, -0.25) is 14.4 Å². The third kappa shape index (κ3) is 5.42. The maximum absolute atomic E-state index is 12.8. The van der Waals surface area contributed by atoms with Crippen LogP contribution in [0.3, 0.4) is 0 Å². The molecule has 3 amide bonds. The van der Waals surface area contributed by atoms with Crippen molar-refractivity contribution >= 4 is 29.4 Å². The molecule has 0 unspecified atom stereocenters. The minimum Gasteiger partial charge on any atom is -0.368 e. The average molecular weight is 430 g/mol. The summed E-state index contributed by atoms with van der Waals surface area (Å²) in [5.74, 6) is -2.28. The lowest BCUT2D eigenvalue weighted by molar-refractivity contribution is -0.205. The zero-order valence-electron chi connectivity index (χ0n) is 18.7. The van der Waals surface area contributed by atoms with Crippen LogP contribution < -0.4 is 4.90 Å². The number of para-hydroxylation sites is 1. The van der Waals surface area contributed by atoms with Crippen molar-refractivity contribution in [1.29, 1.82) is 0 Å². The first-order valence-electron chi connectivity index (χ1n) is 10.7. The van der Waals surface area contributed by atoms with Gasteiger partial charge in [0.15, 0.2) is 0 Å². The molecule has 0 aliphatic carbocycles. The van der Waals surface area contributed by atoms with Crippen LogP contribution in [-0.4, -0.2) is 59.8 Å². The largest absolute Gasteiger partial charge is 0.368 e. The van der Waals surface area contributed by atoms with Gasteiger partial charge in [-0.15, -0.1) is 5.06 Å². The van der Waals surface area contributed by atoms with Gasteiger partial charge in [-0.1, -0.05) is 39.0 Å². The highest BCUT2D eigenvalue weighted by atomic mass is 16.7. The summed E-state index contributed by atoms with van der Waals surface area (Å²) in [6.07, 6.45) is 0.178. The Kier molecular flexibility index (Phi) is 6.67. The maximum atomic E-state index is 12.8. The number of carbonyl (C=O) groups excluding carboxylic acids is 4. The summed E-state index contributed by atoms with van der Waals surface area (Å²) in [4.78, 5) is 56.9. The van der Waals surface area contributed by atoms with Crippen molar-refractivity contribution in [1.82, 2.24) is 9.96 Å². The van der Waals surface area contributed by atoms with E-state index >= 15 is 0 Å². The van der Waals surface area contributed by atoms with E-state index in [9.17, 15) is 19.2 Å². The molecule has 2 aliphatic rings. The number of piperidine rings is 1. The van der Waals surface area contributed by atoms with Crippen LogP contribution >= 0.6 is 0 Å². The lowest BCUT2D eigenvalue weighted by atomic mass is 9.85. The molecule has 0 atom stereocenters. The Morgan fingerprint density at radius 3 is 2.13 bits per heavy atom. The second kappa shape index (κ2) is 9.08. The lowest BCUT2D eigenvalue weighted by Crippen LogP contribution is -2.50. The Morgan fingerprint density at radius 1 is 1.00 bits per heavy atom. The van der Waals surface area contributed by atoms with Crippen molar-refractivity contribution in [3.8, 4) is 0 Å².